The van der Waals surface area contributed by atoms with E-state index in [4.69, 9.17) is 21.7 Å². The Bertz CT molecular complexity index is 664. The van der Waals surface area contributed by atoms with Crippen LogP contribution >= 0.6 is 0 Å². The second-order valence-electron chi connectivity index (χ2n) is 5.59. The van der Waals surface area contributed by atoms with Gasteiger partial charge in [-0.05, 0) is 48.2 Å². The topological polar surface area (TPSA) is 204 Å². The van der Waals surface area contributed by atoms with Crippen molar-refractivity contribution < 1.29 is 94.6 Å². The van der Waals surface area contributed by atoms with E-state index in [9.17, 15) is 19.8 Å². The Morgan fingerprint density at radius 1 is 0.724 bits per heavy atom. The summed E-state index contributed by atoms with van der Waals surface area (Å²) in [5.41, 5.74) is 12.0. The second-order valence-corrected chi connectivity index (χ2v) is 5.59. The van der Waals surface area contributed by atoms with Gasteiger partial charge >= 0.3 is 59.1 Å². The molecule has 0 bridgehead atoms. The number of phenols is 2. The van der Waals surface area contributed by atoms with Crippen LogP contribution < -0.4 is 80.8 Å². The first-order valence-electron chi connectivity index (χ1n) is 7.67. The Morgan fingerprint density at radius 2 is 0.966 bits per heavy atom. The number of carbonyl (C=O) groups excluding carboxylic acids is 2. The summed E-state index contributed by atoms with van der Waals surface area (Å²) in [4.78, 5) is 20.6. The van der Waals surface area contributed by atoms with Crippen LogP contribution in [0.3, 0.4) is 0 Å². The number of carboxylic acid groups (broad SMARTS) is 2. The standard InChI is InChI=1S/2C9H11NO3.2Na.H2O/c2*10-8(9(12)13)5-6-1-3-7(11)4-2-6;;;/h2*1-4,8,11H,5,10H2,(H,12,13);;;1H2/q;;2*+1;/p-2/t2*8-;;;/m00.../s1. The molecule has 8 N–H and O–H groups in total. The fourth-order valence-electron chi connectivity index (χ4n) is 1.94. The van der Waals surface area contributed by atoms with E-state index in [1.165, 1.54) is 24.3 Å². The van der Waals surface area contributed by atoms with Gasteiger partial charge < -0.3 is 47.0 Å². The summed E-state index contributed by atoms with van der Waals surface area (Å²) in [6.07, 6.45) is 0.422. The number of phenolic OH excluding ortho intramolecular Hbond substituents is 2. The third-order valence-corrected chi connectivity index (χ3v) is 3.39. The van der Waals surface area contributed by atoms with E-state index in [-0.39, 0.29) is 88.9 Å². The predicted molar refractivity (Wildman–Crippen MR) is 93.2 cm³/mol. The summed E-state index contributed by atoms with van der Waals surface area (Å²) >= 11 is 0. The molecule has 11 heteroatoms. The van der Waals surface area contributed by atoms with Crippen molar-refractivity contribution in [3.05, 3.63) is 59.7 Å². The molecule has 0 radical (unpaired) electrons. The number of hydrogen-bond acceptors (Lipinski definition) is 8. The summed E-state index contributed by atoms with van der Waals surface area (Å²) in [5, 5.41) is 38.5. The van der Waals surface area contributed by atoms with Crippen LogP contribution in [0.25, 0.3) is 0 Å². The molecule has 29 heavy (non-hydrogen) atoms. The van der Waals surface area contributed by atoms with Crippen molar-refractivity contribution in [2.75, 3.05) is 0 Å². The molecule has 0 aromatic heterocycles. The van der Waals surface area contributed by atoms with E-state index in [1.807, 2.05) is 0 Å². The number of aromatic hydroxyl groups is 2. The van der Waals surface area contributed by atoms with Gasteiger partial charge in [0.05, 0.1) is 11.9 Å². The Morgan fingerprint density at radius 3 is 1.17 bits per heavy atom. The van der Waals surface area contributed by atoms with Crippen LogP contribution in [0.5, 0.6) is 11.5 Å². The van der Waals surface area contributed by atoms with Gasteiger partial charge in [0, 0.05) is 12.1 Å². The fraction of sp³-hybridized carbons (Fsp3) is 0.222. The van der Waals surface area contributed by atoms with Gasteiger partial charge in [-0.25, -0.2) is 0 Å². The number of rotatable bonds is 6. The molecule has 0 heterocycles. The minimum atomic E-state index is -1.27. The summed E-state index contributed by atoms with van der Waals surface area (Å²) < 4.78 is 0. The molecular formula is C18H22N2Na2O7. The van der Waals surface area contributed by atoms with Crippen LogP contribution in [0, 0.1) is 0 Å². The zero-order chi connectivity index (χ0) is 19.7. The first-order chi connectivity index (χ1) is 12.2. The number of hydrogen-bond donors (Lipinski definition) is 4. The van der Waals surface area contributed by atoms with Gasteiger partial charge in [0.1, 0.15) is 11.5 Å². The minimum Gasteiger partial charge on any atom is -0.548 e. The molecule has 2 aromatic carbocycles. The van der Waals surface area contributed by atoms with E-state index >= 15 is 0 Å². The van der Waals surface area contributed by atoms with E-state index in [0.717, 1.165) is 11.1 Å². The monoisotopic (exact) mass is 424 g/mol. The summed E-state index contributed by atoms with van der Waals surface area (Å²) in [6, 6.07) is 10.4. The minimum absolute atomic E-state index is 0. The number of aliphatic carboxylic acids is 2. The Labute approximate surface area is 212 Å². The van der Waals surface area contributed by atoms with Crippen molar-refractivity contribution in [3.8, 4) is 11.5 Å². The van der Waals surface area contributed by atoms with Crippen LogP contribution in [0.1, 0.15) is 11.1 Å². The van der Waals surface area contributed by atoms with Gasteiger partial charge in [-0.15, -0.1) is 0 Å². The summed E-state index contributed by atoms with van der Waals surface area (Å²) in [6.45, 7) is 0. The van der Waals surface area contributed by atoms with Gasteiger partial charge in [0.15, 0.2) is 0 Å². The molecule has 9 nitrogen and oxygen atoms in total. The van der Waals surface area contributed by atoms with Crippen LogP contribution in [0.15, 0.2) is 48.5 Å². The normalized spacial score (nSPS) is 11.1. The Kier molecular flexibility index (Phi) is 18.7. The quantitative estimate of drug-likeness (QED) is 0.327. The van der Waals surface area contributed by atoms with Gasteiger partial charge in [-0.3, -0.25) is 0 Å². The average molecular weight is 424 g/mol. The molecule has 0 saturated carbocycles. The first-order valence-corrected chi connectivity index (χ1v) is 7.67. The van der Waals surface area contributed by atoms with Crippen molar-refractivity contribution >= 4 is 11.9 Å². The summed E-state index contributed by atoms with van der Waals surface area (Å²) in [7, 11) is 0. The average Bonchev–Trinajstić information content (AvgIpc) is 2.59. The molecule has 0 spiro atoms. The number of benzene rings is 2. The third-order valence-electron chi connectivity index (χ3n) is 3.39. The maximum atomic E-state index is 10.3. The van der Waals surface area contributed by atoms with Crippen LogP contribution in [-0.2, 0) is 22.4 Å². The second kappa shape index (κ2) is 16.6. The zero-order valence-electron chi connectivity index (χ0n) is 16.4. The molecular weight excluding hydrogens is 402 g/mol. The molecule has 2 aromatic rings. The van der Waals surface area contributed by atoms with Crippen molar-refractivity contribution in [1.82, 2.24) is 0 Å². The number of carbonyl (C=O) groups is 2. The Hall–Kier alpha value is -1.14. The SMILES string of the molecule is N[C@@H](Cc1ccc(O)cc1)C(=O)[O-].N[C@@H](Cc1ccc(O)cc1)C(=O)[O-].O.[Na+].[Na+]. The van der Waals surface area contributed by atoms with E-state index in [2.05, 4.69) is 0 Å². The molecule has 0 unspecified atom stereocenters. The molecule has 0 aliphatic heterocycles. The molecule has 148 valence electrons. The third kappa shape index (κ3) is 13.7. The van der Waals surface area contributed by atoms with Crippen molar-refractivity contribution in [3.63, 3.8) is 0 Å². The molecule has 2 atom stereocenters. The zero-order valence-corrected chi connectivity index (χ0v) is 20.4. The number of nitrogens with two attached hydrogens (primary N) is 2. The van der Waals surface area contributed by atoms with Crippen molar-refractivity contribution in [2.45, 2.75) is 24.9 Å². The van der Waals surface area contributed by atoms with E-state index in [0.29, 0.717) is 0 Å². The largest absolute Gasteiger partial charge is 1.00 e. The molecule has 0 aliphatic rings. The Balaban J connectivity index is -0.000000422. The maximum Gasteiger partial charge on any atom is 1.00 e. The molecule has 2 rings (SSSR count). The van der Waals surface area contributed by atoms with Gasteiger partial charge in [-0.2, -0.15) is 0 Å². The van der Waals surface area contributed by atoms with Crippen molar-refractivity contribution in [1.29, 1.82) is 0 Å². The van der Waals surface area contributed by atoms with Gasteiger partial charge in [0.25, 0.3) is 0 Å². The van der Waals surface area contributed by atoms with E-state index < -0.39 is 24.0 Å². The smallest absolute Gasteiger partial charge is 0.548 e. The van der Waals surface area contributed by atoms with Crippen molar-refractivity contribution in [2.24, 2.45) is 11.5 Å². The summed E-state index contributed by atoms with van der Waals surface area (Å²) in [5.74, 6) is -2.25. The predicted octanol–water partition coefficient (Wildman–Crippen LogP) is -8.79. The van der Waals surface area contributed by atoms with Gasteiger partial charge in [0.2, 0.25) is 0 Å². The molecule has 0 saturated heterocycles. The van der Waals surface area contributed by atoms with Crippen LogP contribution in [-0.4, -0.2) is 39.7 Å². The van der Waals surface area contributed by atoms with Gasteiger partial charge in [-0.1, -0.05) is 24.3 Å². The van der Waals surface area contributed by atoms with E-state index in [1.54, 1.807) is 24.3 Å². The first kappa shape index (κ1) is 32.5. The van der Waals surface area contributed by atoms with Crippen LogP contribution in [0.4, 0.5) is 0 Å². The molecule has 0 amide bonds. The van der Waals surface area contributed by atoms with Crippen LogP contribution in [0.2, 0.25) is 0 Å². The number of carboxylic acids is 2. The molecule has 0 aliphatic carbocycles. The maximum absolute atomic E-state index is 10.3. The fourth-order valence-corrected chi connectivity index (χ4v) is 1.94. The molecule has 0 fully saturated rings.